The molecule has 4 aromatic rings. The van der Waals surface area contributed by atoms with Crippen LogP contribution in [0, 0.1) is 0 Å². The Hall–Kier alpha value is -4.29. The summed E-state index contributed by atoms with van der Waals surface area (Å²) in [5.41, 5.74) is 3.63. The number of aromatic nitrogens is 2. The molecule has 3 aromatic carbocycles. The van der Waals surface area contributed by atoms with Crippen molar-refractivity contribution < 1.29 is 23.8 Å². The summed E-state index contributed by atoms with van der Waals surface area (Å²) in [4.78, 5) is 24.6. The number of ether oxygens (including phenoxy) is 3. The molecule has 2 amide bonds. The lowest BCUT2D eigenvalue weighted by Gasteiger charge is -2.12. The highest BCUT2D eigenvalue weighted by atomic mass is 79.9. The molecule has 4 rings (SSSR count). The van der Waals surface area contributed by atoms with E-state index in [2.05, 4.69) is 42.0 Å². The van der Waals surface area contributed by atoms with Crippen molar-refractivity contribution in [3.8, 4) is 17.2 Å². The predicted molar refractivity (Wildman–Crippen MR) is 152 cm³/mol. The van der Waals surface area contributed by atoms with Gasteiger partial charge in [-0.3, -0.25) is 14.9 Å². The molecule has 2 N–H and O–H groups in total. The molecule has 0 fully saturated rings. The second-order valence-electron chi connectivity index (χ2n) is 7.82. The Morgan fingerprint density at radius 3 is 2.44 bits per heavy atom. The molecule has 0 aliphatic rings. The van der Waals surface area contributed by atoms with Crippen molar-refractivity contribution in [3.63, 3.8) is 0 Å². The number of carbonyl (C=O) groups is 2. The van der Waals surface area contributed by atoms with Gasteiger partial charge < -0.3 is 14.2 Å². The van der Waals surface area contributed by atoms with Crippen LogP contribution < -0.4 is 25.0 Å². The maximum Gasteiger partial charge on any atom is 0.257 e. The summed E-state index contributed by atoms with van der Waals surface area (Å²) >= 11 is 4.55. The lowest BCUT2D eigenvalue weighted by molar-refractivity contribution is -0.120. The Kier molecular flexibility index (Phi) is 9.98. The van der Waals surface area contributed by atoms with Crippen molar-refractivity contribution in [1.29, 1.82) is 0 Å². The first kappa shape index (κ1) is 27.7. The standard InChI is InChI=1S/C27H24BrN5O5S/c1-36-22-9-5-6-10-23(22)38-14-13-37-21-12-11-20(28)15-19(21)17-29-31-24(34)16-25-32-33-27(39-25)30-26(35)18-7-3-2-4-8-18/h2-12,15,17H,13-14,16H2,1H3,(H,31,34)(H,30,33,35)/b29-17+. The smallest absolute Gasteiger partial charge is 0.257 e. The number of benzene rings is 3. The number of nitrogens with zero attached hydrogens (tertiary/aromatic N) is 3. The number of nitrogens with one attached hydrogen (secondary N) is 2. The van der Waals surface area contributed by atoms with Crippen molar-refractivity contribution in [2.75, 3.05) is 25.6 Å². The van der Waals surface area contributed by atoms with Gasteiger partial charge >= 0.3 is 0 Å². The van der Waals surface area contributed by atoms with E-state index in [9.17, 15) is 9.59 Å². The quantitative estimate of drug-likeness (QED) is 0.135. The Morgan fingerprint density at radius 1 is 0.949 bits per heavy atom. The number of halogens is 1. The van der Waals surface area contributed by atoms with E-state index in [0.717, 1.165) is 15.8 Å². The second kappa shape index (κ2) is 14.0. The SMILES string of the molecule is COc1ccccc1OCCOc1ccc(Br)cc1/C=N/NC(=O)Cc1nnc(NC(=O)c2ccccc2)s1. The first-order valence-corrected chi connectivity index (χ1v) is 13.3. The van der Waals surface area contributed by atoms with Gasteiger partial charge in [-0.15, -0.1) is 10.2 Å². The third kappa shape index (κ3) is 8.35. The number of anilines is 1. The van der Waals surface area contributed by atoms with Gasteiger partial charge in [-0.2, -0.15) is 5.10 Å². The number of para-hydroxylation sites is 2. The maximum absolute atomic E-state index is 12.4. The molecule has 0 radical (unpaired) electrons. The van der Waals surface area contributed by atoms with Crippen LogP contribution in [0.25, 0.3) is 0 Å². The van der Waals surface area contributed by atoms with Gasteiger partial charge in [0.25, 0.3) is 5.91 Å². The van der Waals surface area contributed by atoms with Crippen molar-refractivity contribution in [3.05, 3.63) is 93.4 Å². The Morgan fingerprint density at radius 2 is 1.67 bits per heavy atom. The molecule has 0 unspecified atom stereocenters. The Labute approximate surface area is 237 Å². The zero-order valence-electron chi connectivity index (χ0n) is 20.8. The summed E-state index contributed by atoms with van der Waals surface area (Å²) in [6.45, 7) is 0.590. The molecule has 12 heteroatoms. The molecule has 1 heterocycles. The molecule has 0 bridgehead atoms. The number of hydrazone groups is 1. The third-order valence-electron chi connectivity index (χ3n) is 5.07. The van der Waals surface area contributed by atoms with Crippen molar-refractivity contribution in [2.45, 2.75) is 6.42 Å². The third-order valence-corrected chi connectivity index (χ3v) is 6.40. The minimum Gasteiger partial charge on any atom is -0.493 e. The van der Waals surface area contributed by atoms with Crippen LogP contribution >= 0.6 is 27.3 Å². The van der Waals surface area contributed by atoms with Gasteiger partial charge in [0, 0.05) is 15.6 Å². The molecule has 0 saturated heterocycles. The Bertz CT molecular complexity index is 1450. The van der Waals surface area contributed by atoms with E-state index in [1.807, 2.05) is 42.5 Å². The van der Waals surface area contributed by atoms with Gasteiger partial charge in [-0.25, -0.2) is 5.43 Å². The number of hydrogen-bond donors (Lipinski definition) is 2. The van der Waals surface area contributed by atoms with Gasteiger partial charge in [-0.05, 0) is 42.5 Å². The second-order valence-corrected chi connectivity index (χ2v) is 9.80. The van der Waals surface area contributed by atoms with Crippen LogP contribution in [0.2, 0.25) is 0 Å². The number of carbonyl (C=O) groups excluding carboxylic acids is 2. The van der Waals surface area contributed by atoms with E-state index in [-0.39, 0.29) is 24.8 Å². The average Bonchev–Trinajstić information content (AvgIpc) is 3.39. The summed E-state index contributed by atoms with van der Waals surface area (Å²) in [5.74, 6) is 1.16. The molecule has 0 saturated carbocycles. The highest BCUT2D eigenvalue weighted by molar-refractivity contribution is 9.10. The average molecular weight is 610 g/mol. The molecule has 0 aliphatic carbocycles. The van der Waals surface area contributed by atoms with E-state index in [4.69, 9.17) is 14.2 Å². The van der Waals surface area contributed by atoms with E-state index in [1.54, 1.807) is 37.4 Å². The fourth-order valence-electron chi connectivity index (χ4n) is 3.28. The van der Waals surface area contributed by atoms with Crippen LogP contribution in [0.4, 0.5) is 5.13 Å². The largest absolute Gasteiger partial charge is 0.493 e. The highest BCUT2D eigenvalue weighted by Gasteiger charge is 2.12. The summed E-state index contributed by atoms with van der Waals surface area (Å²) < 4.78 is 17.7. The maximum atomic E-state index is 12.4. The topological polar surface area (TPSA) is 124 Å². The van der Waals surface area contributed by atoms with Crippen LogP contribution in [0.5, 0.6) is 17.2 Å². The van der Waals surface area contributed by atoms with Crippen LogP contribution in [-0.4, -0.2) is 48.5 Å². The van der Waals surface area contributed by atoms with Crippen LogP contribution in [-0.2, 0) is 11.2 Å². The highest BCUT2D eigenvalue weighted by Crippen LogP contribution is 2.26. The fourth-order valence-corrected chi connectivity index (χ4v) is 4.39. The minimum absolute atomic E-state index is 0.0433. The van der Waals surface area contributed by atoms with Crippen molar-refractivity contribution in [2.24, 2.45) is 5.10 Å². The van der Waals surface area contributed by atoms with E-state index < -0.39 is 0 Å². The first-order chi connectivity index (χ1) is 19.0. The van der Waals surface area contributed by atoms with Gasteiger partial charge in [-0.1, -0.05) is 57.6 Å². The number of hydrogen-bond acceptors (Lipinski definition) is 9. The van der Waals surface area contributed by atoms with Crippen molar-refractivity contribution >= 4 is 50.4 Å². The number of amides is 2. The molecule has 0 spiro atoms. The molecule has 39 heavy (non-hydrogen) atoms. The number of methoxy groups -OCH3 is 1. The molecule has 200 valence electrons. The Balaban J connectivity index is 1.27. The number of rotatable bonds is 12. The zero-order chi connectivity index (χ0) is 27.5. The summed E-state index contributed by atoms with van der Waals surface area (Å²) in [7, 11) is 1.59. The molecule has 1 aromatic heterocycles. The van der Waals surface area contributed by atoms with Crippen molar-refractivity contribution in [1.82, 2.24) is 15.6 Å². The van der Waals surface area contributed by atoms with E-state index >= 15 is 0 Å². The van der Waals surface area contributed by atoms with E-state index in [0.29, 0.717) is 45.1 Å². The molecular weight excluding hydrogens is 586 g/mol. The molecule has 0 atom stereocenters. The van der Waals surface area contributed by atoms with Gasteiger partial charge in [0.05, 0.1) is 19.7 Å². The molecule has 10 nitrogen and oxygen atoms in total. The predicted octanol–water partition coefficient (Wildman–Crippen LogP) is 4.71. The van der Waals surface area contributed by atoms with Gasteiger partial charge in [0.1, 0.15) is 24.0 Å². The molecular formula is C27H24BrN5O5S. The minimum atomic E-state index is -0.383. The first-order valence-electron chi connectivity index (χ1n) is 11.7. The summed E-state index contributed by atoms with van der Waals surface area (Å²) in [6, 6.07) is 21.6. The monoisotopic (exact) mass is 609 g/mol. The van der Waals surface area contributed by atoms with Crippen LogP contribution in [0.15, 0.2) is 82.4 Å². The normalized spacial score (nSPS) is 10.7. The lowest BCUT2D eigenvalue weighted by Crippen LogP contribution is -2.19. The van der Waals surface area contributed by atoms with Crippen LogP contribution in [0.3, 0.4) is 0 Å². The molecule has 0 aliphatic heterocycles. The van der Waals surface area contributed by atoms with Gasteiger partial charge in [0.15, 0.2) is 11.5 Å². The lowest BCUT2D eigenvalue weighted by atomic mass is 10.2. The fraction of sp³-hybridized carbons (Fsp3) is 0.148. The van der Waals surface area contributed by atoms with E-state index in [1.165, 1.54) is 6.21 Å². The van der Waals surface area contributed by atoms with Gasteiger partial charge in [0.2, 0.25) is 11.0 Å². The van der Waals surface area contributed by atoms with Crippen LogP contribution in [0.1, 0.15) is 20.9 Å². The summed E-state index contributed by atoms with van der Waals surface area (Å²) in [6.07, 6.45) is 1.45. The summed E-state index contributed by atoms with van der Waals surface area (Å²) in [5, 5.41) is 15.4. The zero-order valence-corrected chi connectivity index (χ0v) is 23.2.